The summed E-state index contributed by atoms with van der Waals surface area (Å²) in [6, 6.07) is 2.23. The molecule has 1 amide bonds. The van der Waals surface area contributed by atoms with Crippen LogP contribution in [0.3, 0.4) is 0 Å². The van der Waals surface area contributed by atoms with E-state index in [1.54, 1.807) is 13.1 Å². The van der Waals surface area contributed by atoms with Gasteiger partial charge in [-0.15, -0.1) is 0 Å². The van der Waals surface area contributed by atoms with Crippen molar-refractivity contribution in [3.8, 4) is 0 Å². The highest BCUT2D eigenvalue weighted by Gasteiger charge is 2.20. The van der Waals surface area contributed by atoms with Crippen LogP contribution in [0.1, 0.15) is 26.7 Å². The Balaban J connectivity index is 1.93. The van der Waals surface area contributed by atoms with Gasteiger partial charge in [0.15, 0.2) is 0 Å². The van der Waals surface area contributed by atoms with Crippen molar-refractivity contribution in [2.45, 2.75) is 32.7 Å². The molecule has 0 saturated carbocycles. The Morgan fingerprint density at radius 3 is 2.84 bits per heavy atom. The fourth-order valence-corrected chi connectivity index (χ4v) is 2.31. The summed E-state index contributed by atoms with van der Waals surface area (Å²) in [5, 5.41) is 6.09. The van der Waals surface area contributed by atoms with Crippen LogP contribution >= 0.6 is 0 Å². The van der Waals surface area contributed by atoms with Crippen LogP contribution < -0.4 is 15.5 Å². The van der Waals surface area contributed by atoms with E-state index in [4.69, 9.17) is 0 Å². The second-order valence-electron chi connectivity index (χ2n) is 4.73. The lowest BCUT2D eigenvalue weighted by Crippen LogP contribution is -2.44. The number of amides is 1. The van der Waals surface area contributed by atoms with E-state index in [0.29, 0.717) is 12.0 Å². The molecule has 1 aliphatic rings. The fraction of sp³-hybridized carbons (Fsp3) is 0.615. The van der Waals surface area contributed by atoms with Crippen LogP contribution in [0.2, 0.25) is 0 Å². The molecular formula is C13H21N5O. The molecule has 104 valence electrons. The number of piperidine rings is 1. The number of carbonyl (C=O) groups is 1. The van der Waals surface area contributed by atoms with Crippen LogP contribution in [0.4, 0.5) is 11.8 Å². The summed E-state index contributed by atoms with van der Waals surface area (Å²) in [4.78, 5) is 21.9. The Morgan fingerprint density at radius 1 is 1.47 bits per heavy atom. The van der Waals surface area contributed by atoms with Crippen molar-refractivity contribution in [1.82, 2.24) is 15.3 Å². The summed E-state index contributed by atoms with van der Waals surface area (Å²) in [7, 11) is 0. The topological polar surface area (TPSA) is 70.2 Å². The third kappa shape index (κ3) is 3.81. The normalized spacial score (nSPS) is 16.2. The molecule has 1 saturated heterocycles. The fourth-order valence-electron chi connectivity index (χ4n) is 2.31. The first-order valence-corrected chi connectivity index (χ1v) is 6.78. The van der Waals surface area contributed by atoms with Gasteiger partial charge in [0.2, 0.25) is 11.9 Å². The van der Waals surface area contributed by atoms with E-state index >= 15 is 0 Å². The first kappa shape index (κ1) is 13.6. The molecule has 6 heteroatoms. The number of anilines is 2. The zero-order chi connectivity index (χ0) is 13.7. The maximum atomic E-state index is 11.0. The van der Waals surface area contributed by atoms with Crippen LogP contribution in [0, 0.1) is 0 Å². The third-order valence-corrected chi connectivity index (χ3v) is 3.20. The second-order valence-corrected chi connectivity index (χ2v) is 4.73. The van der Waals surface area contributed by atoms with Crippen molar-refractivity contribution in [2.24, 2.45) is 0 Å². The van der Waals surface area contributed by atoms with Crippen LogP contribution in [0.25, 0.3) is 0 Å². The number of nitrogens with zero attached hydrogens (tertiary/aromatic N) is 3. The molecule has 0 bridgehead atoms. The van der Waals surface area contributed by atoms with E-state index < -0.39 is 0 Å². The molecule has 0 unspecified atom stereocenters. The highest BCUT2D eigenvalue weighted by atomic mass is 16.1. The number of rotatable bonds is 4. The van der Waals surface area contributed by atoms with E-state index in [9.17, 15) is 4.79 Å². The largest absolute Gasteiger partial charge is 0.356 e. The van der Waals surface area contributed by atoms with E-state index in [-0.39, 0.29) is 5.91 Å². The molecule has 0 atom stereocenters. The molecule has 0 aliphatic carbocycles. The monoisotopic (exact) mass is 263 g/mol. The van der Waals surface area contributed by atoms with Gasteiger partial charge >= 0.3 is 0 Å². The summed E-state index contributed by atoms with van der Waals surface area (Å²) in [6.45, 7) is 6.23. The van der Waals surface area contributed by atoms with Gasteiger partial charge in [0.1, 0.15) is 5.82 Å². The van der Waals surface area contributed by atoms with E-state index in [2.05, 4.69) is 25.5 Å². The zero-order valence-corrected chi connectivity index (χ0v) is 11.5. The molecule has 1 aliphatic heterocycles. The SMILES string of the molecule is CCNc1nccc(N2CCC(NC(C)=O)CC2)n1. The first-order chi connectivity index (χ1) is 9.19. The van der Waals surface area contributed by atoms with Crippen molar-refractivity contribution in [2.75, 3.05) is 29.9 Å². The summed E-state index contributed by atoms with van der Waals surface area (Å²) >= 11 is 0. The average molecular weight is 263 g/mol. The molecule has 6 nitrogen and oxygen atoms in total. The Hall–Kier alpha value is -1.85. The van der Waals surface area contributed by atoms with Crippen molar-refractivity contribution in [1.29, 1.82) is 0 Å². The van der Waals surface area contributed by atoms with Gasteiger partial charge in [-0.3, -0.25) is 4.79 Å². The smallest absolute Gasteiger partial charge is 0.224 e. The van der Waals surface area contributed by atoms with Crippen LogP contribution in [-0.4, -0.2) is 41.6 Å². The van der Waals surface area contributed by atoms with Gasteiger partial charge in [0.25, 0.3) is 0 Å². The standard InChI is InChI=1S/C13H21N5O/c1-3-14-13-15-7-4-12(17-13)18-8-5-11(6-9-18)16-10(2)19/h4,7,11H,3,5-6,8-9H2,1-2H3,(H,16,19)(H,14,15,17). The summed E-state index contributed by atoms with van der Waals surface area (Å²) in [5.41, 5.74) is 0. The van der Waals surface area contributed by atoms with Gasteiger partial charge < -0.3 is 15.5 Å². The summed E-state index contributed by atoms with van der Waals surface area (Å²) in [5.74, 6) is 1.67. The van der Waals surface area contributed by atoms with Gasteiger partial charge in [-0.1, -0.05) is 0 Å². The Kier molecular flexibility index (Phi) is 4.54. The summed E-state index contributed by atoms with van der Waals surface area (Å²) in [6.07, 6.45) is 3.69. The zero-order valence-electron chi connectivity index (χ0n) is 11.5. The minimum atomic E-state index is 0.0509. The highest BCUT2D eigenvalue weighted by molar-refractivity contribution is 5.73. The maximum Gasteiger partial charge on any atom is 0.224 e. The molecule has 0 radical (unpaired) electrons. The first-order valence-electron chi connectivity index (χ1n) is 6.78. The van der Waals surface area contributed by atoms with Crippen molar-refractivity contribution >= 4 is 17.7 Å². The average Bonchev–Trinajstić information content (AvgIpc) is 2.40. The number of aromatic nitrogens is 2. The predicted molar refractivity (Wildman–Crippen MR) is 75.2 cm³/mol. The molecule has 0 spiro atoms. The maximum absolute atomic E-state index is 11.0. The lowest BCUT2D eigenvalue weighted by atomic mass is 10.1. The Labute approximate surface area is 113 Å². The molecular weight excluding hydrogens is 242 g/mol. The molecule has 19 heavy (non-hydrogen) atoms. The minimum absolute atomic E-state index is 0.0509. The molecule has 2 N–H and O–H groups in total. The van der Waals surface area contributed by atoms with Gasteiger partial charge in [-0.25, -0.2) is 4.98 Å². The lowest BCUT2D eigenvalue weighted by molar-refractivity contribution is -0.119. The van der Waals surface area contributed by atoms with Crippen LogP contribution in [0.15, 0.2) is 12.3 Å². The minimum Gasteiger partial charge on any atom is -0.356 e. The molecule has 1 aromatic heterocycles. The van der Waals surface area contributed by atoms with Crippen LogP contribution in [-0.2, 0) is 4.79 Å². The van der Waals surface area contributed by atoms with Gasteiger partial charge in [-0.05, 0) is 25.8 Å². The second kappa shape index (κ2) is 6.36. The molecule has 2 rings (SSSR count). The van der Waals surface area contributed by atoms with E-state index in [1.165, 1.54) is 0 Å². The van der Waals surface area contributed by atoms with Gasteiger partial charge in [-0.2, -0.15) is 4.98 Å². The number of carbonyl (C=O) groups excluding carboxylic acids is 1. The number of nitrogens with one attached hydrogen (secondary N) is 2. The number of hydrogen-bond donors (Lipinski definition) is 2. The summed E-state index contributed by atoms with van der Waals surface area (Å²) < 4.78 is 0. The highest BCUT2D eigenvalue weighted by Crippen LogP contribution is 2.18. The quantitative estimate of drug-likeness (QED) is 0.848. The number of hydrogen-bond acceptors (Lipinski definition) is 5. The Morgan fingerprint density at radius 2 is 2.21 bits per heavy atom. The van der Waals surface area contributed by atoms with Crippen molar-refractivity contribution in [3.63, 3.8) is 0 Å². The molecule has 0 aromatic carbocycles. The third-order valence-electron chi connectivity index (χ3n) is 3.20. The van der Waals surface area contributed by atoms with Gasteiger partial charge in [0.05, 0.1) is 0 Å². The van der Waals surface area contributed by atoms with Crippen LogP contribution in [0.5, 0.6) is 0 Å². The van der Waals surface area contributed by atoms with E-state index in [0.717, 1.165) is 38.3 Å². The molecule has 2 heterocycles. The van der Waals surface area contributed by atoms with Crippen molar-refractivity contribution in [3.05, 3.63) is 12.3 Å². The lowest BCUT2D eigenvalue weighted by Gasteiger charge is -2.33. The predicted octanol–water partition coefficient (Wildman–Crippen LogP) is 1.01. The van der Waals surface area contributed by atoms with E-state index in [1.807, 2.05) is 13.0 Å². The molecule has 1 fully saturated rings. The van der Waals surface area contributed by atoms with Crippen molar-refractivity contribution < 1.29 is 4.79 Å². The molecule has 1 aromatic rings. The Bertz CT molecular complexity index is 429. The van der Waals surface area contributed by atoms with Gasteiger partial charge in [0, 0.05) is 38.8 Å².